The molecule has 6 heteroatoms. The van der Waals surface area contributed by atoms with Crippen molar-refractivity contribution in [1.29, 1.82) is 0 Å². The molecule has 0 aliphatic carbocycles. The zero-order valence-corrected chi connectivity index (χ0v) is 10.6. The molecule has 0 aliphatic heterocycles. The lowest BCUT2D eigenvalue weighted by molar-refractivity contribution is 0.505. The highest BCUT2D eigenvalue weighted by molar-refractivity contribution is 9.10. The first-order valence-corrected chi connectivity index (χ1v) is 5.68. The van der Waals surface area contributed by atoms with E-state index in [9.17, 15) is 8.78 Å². The van der Waals surface area contributed by atoms with Crippen molar-refractivity contribution < 1.29 is 8.78 Å². The summed E-state index contributed by atoms with van der Waals surface area (Å²) in [6, 6.07) is 3.06. The fourth-order valence-corrected chi connectivity index (χ4v) is 2.23. The third kappa shape index (κ3) is 2.23. The van der Waals surface area contributed by atoms with E-state index in [0.29, 0.717) is 11.3 Å². The Morgan fingerprint density at radius 2 is 2.06 bits per heavy atom. The highest BCUT2D eigenvalue weighted by Crippen LogP contribution is 2.26. The van der Waals surface area contributed by atoms with Gasteiger partial charge in [-0.15, -0.1) is 0 Å². The second-order valence-corrected chi connectivity index (χ2v) is 4.51. The van der Waals surface area contributed by atoms with Gasteiger partial charge in [-0.25, -0.2) is 8.78 Å². The number of halogens is 3. The Labute approximate surface area is 105 Å². The summed E-state index contributed by atoms with van der Waals surface area (Å²) in [6.45, 7) is 0. The van der Waals surface area contributed by atoms with Crippen molar-refractivity contribution in [2.45, 2.75) is 6.04 Å². The van der Waals surface area contributed by atoms with E-state index in [1.54, 1.807) is 17.9 Å². The molecule has 0 bridgehead atoms. The minimum absolute atomic E-state index is 0.494. The third-order valence-corrected chi connectivity index (χ3v) is 3.15. The standard InChI is InChI=1S/C11H10BrF2N3/c1-17-11(7(12)5-16-17)10(15)6-2-3-8(13)9(14)4-6/h2-5,10H,15H2,1H3. The van der Waals surface area contributed by atoms with Gasteiger partial charge in [0.2, 0.25) is 0 Å². The minimum atomic E-state index is -0.906. The molecule has 1 atom stereocenters. The van der Waals surface area contributed by atoms with Gasteiger partial charge < -0.3 is 5.73 Å². The summed E-state index contributed by atoms with van der Waals surface area (Å²) < 4.78 is 28.3. The summed E-state index contributed by atoms with van der Waals surface area (Å²) in [5.74, 6) is -1.79. The number of aryl methyl sites for hydroxylation is 1. The summed E-state index contributed by atoms with van der Waals surface area (Å²) in [4.78, 5) is 0. The molecule has 1 aromatic heterocycles. The van der Waals surface area contributed by atoms with Crippen molar-refractivity contribution in [3.8, 4) is 0 Å². The number of rotatable bonds is 2. The van der Waals surface area contributed by atoms with Crippen molar-refractivity contribution in [2.75, 3.05) is 0 Å². The average molecular weight is 302 g/mol. The lowest BCUT2D eigenvalue weighted by Crippen LogP contribution is -2.16. The lowest BCUT2D eigenvalue weighted by Gasteiger charge is -2.13. The van der Waals surface area contributed by atoms with Crippen molar-refractivity contribution in [3.63, 3.8) is 0 Å². The monoisotopic (exact) mass is 301 g/mol. The fraction of sp³-hybridized carbons (Fsp3) is 0.182. The molecule has 2 rings (SSSR count). The van der Waals surface area contributed by atoms with Crippen LogP contribution in [0.15, 0.2) is 28.9 Å². The first kappa shape index (κ1) is 12.2. The highest BCUT2D eigenvalue weighted by atomic mass is 79.9. The van der Waals surface area contributed by atoms with Crippen LogP contribution in [-0.4, -0.2) is 9.78 Å². The van der Waals surface area contributed by atoms with Crippen molar-refractivity contribution in [2.24, 2.45) is 12.8 Å². The van der Waals surface area contributed by atoms with E-state index in [1.807, 2.05) is 0 Å². The zero-order valence-electron chi connectivity index (χ0n) is 8.99. The number of benzene rings is 1. The summed E-state index contributed by atoms with van der Waals surface area (Å²) in [7, 11) is 1.74. The molecule has 1 unspecified atom stereocenters. The second kappa shape index (κ2) is 4.54. The summed E-state index contributed by atoms with van der Waals surface area (Å²) in [5.41, 5.74) is 7.20. The molecule has 17 heavy (non-hydrogen) atoms. The Morgan fingerprint density at radius 1 is 1.35 bits per heavy atom. The van der Waals surface area contributed by atoms with Crippen LogP contribution in [0.1, 0.15) is 17.3 Å². The SMILES string of the molecule is Cn1ncc(Br)c1C(N)c1ccc(F)c(F)c1. The largest absolute Gasteiger partial charge is 0.319 e. The smallest absolute Gasteiger partial charge is 0.159 e. The molecule has 1 heterocycles. The van der Waals surface area contributed by atoms with Gasteiger partial charge in [-0.05, 0) is 33.6 Å². The first-order valence-electron chi connectivity index (χ1n) is 4.88. The predicted octanol–water partition coefficient (Wildman–Crippen LogP) is 2.51. The van der Waals surface area contributed by atoms with E-state index in [2.05, 4.69) is 21.0 Å². The fourth-order valence-electron chi connectivity index (χ4n) is 1.63. The van der Waals surface area contributed by atoms with Gasteiger partial charge in [-0.2, -0.15) is 5.10 Å². The van der Waals surface area contributed by atoms with E-state index in [4.69, 9.17) is 5.73 Å². The molecule has 0 fully saturated rings. The van der Waals surface area contributed by atoms with Crippen LogP contribution in [0.2, 0.25) is 0 Å². The van der Waals surface area contributed by atoms with Gasteiger partial charge >= 0.3 is 0 Å². The highest BCUT2D eigenvalue weighted by Gasteiger charge is 2.18. The van der Waals surface area contributed by atoms with Gasteiger partial charge in [-0.1, -0.05) is 6.07 Å². The molecule has 0 spiro atoms. The van der Waals surface area contributed by atoms with Gasteiger partial charge in [0, 0.05) is 7.05 Å². The Kier molecular flexibility index (Phi) is 3.26. The number of hydrogen-bond donors (Lipinski definition) is 1. The molecule has 0 radical (unpaired) electrons. The van der Waals surface area contributed by atoms with Crippen LogP contribution in [0.25, 0.3) is 0 Å². The van der Waals surface area contributed by atoms with E-state index in [-0.39, 0.29) is 0 Å². The van der Waals surface area contributed by atoms with Crippen LogP contribution in [0.3, 0.4) is 0 Å². The molecular weight excluding hydrogens is 292 g/mol. The number of nitrogens with zero attached hydrogens (tertiary/aromatic N) is 2. The second-order valence-electron chi connectivity index (χ2n) is 3.65. The Balaban J connectivity index is 2.43. The maximum absolute atomic E-state index is 13.1. The van der Waals surface area contributed by atoms with Crippen molar-refractivity contribution >= 4 is 15.9 Å². The van der Waals surface area contributed by atoms with Crippen molar-refractivity contribution in [3.05, 3.63) is 51.8 Å². The molecule has 0 amide bonds. The van der Waals surface area contributed by atoms with Crippen LogP contribution in [0.4, 0.5) is 8.78 Å². The summed E-state index contributed by atoms with van der Waals surface area (Å²) in [5, 5.41) is 4.02. The topological polar surface area (TPSA) is 43.8 Å². The Bertz CT molecular complexity index is 534. The van der Waals surface area contributed by atoms with Crippen LogP contribution in [-0.2, 0) is 7.05 Å². The van der Waals surface area contributed by atoms with Gasteiger partial charge in [0.25, 0.3) is 0 Å². The van der Waals surface area contributed by atoms with E-state index in [1.165, 1.54) is 6.07 Å². The van der Waals surface area contributed by atoms with Crippen LogP contribution < -0.4 is 5.73 Å². The molecular formula is C11H10BrF2N3. The average Bonchev–Trinajstić information content (AvgIpc) is 2.62. The number of nitrogens with two attached hydrogens (primary N) is 1. The Morgan fingerprint density at radius 3 is 2.59 bits per heavy atom. The van der Waals surface area contributed by atoms with Gasteiger partial charge in [-0.3, -0.25) is 4.68 Å². The van der Waals surface area contributed by atoms with E-state index in [0.717, 1.165) is 16.6 Å². The first-order chi connectivity index (χ1) is 8.00. The summed E-state index contributed by atoms with van der Waals surface area (Å²) in [6.07, 6.45) is 1.61. The van der Waals surface area contributed by atoms with E-state index >= 15 is 0 Å². The zero-order chi connectivity index (χ0) is 12.6. The third-order valence-electron chi connectivity index (χ3n) is 2.53. The molecule has 2 aromatic rings. The predicted molar refractivity (Wildman–Crippen MR) is 63.3 cm³/mol. The van der Waals surface area contributed by atoms with Crippen LogP contribution in [0, 0.1) is 11.6 Å². The molecule has 2 N–H and O–H groups in total. The van der Waals surface area contributed by atoms with Crippen molar-refractivity contribution in [1.82, 2.24) is 9.78 Å². The maximum Gasteiger partial charge on any atom is 0.159 e. The van der Waals surface area contributed by atoms with Gasteiger partial charge in [0.05, 0.1) is 22.4 Å². The molecule has 0 saturated carbocycles. The molecule has 90 valence electrons. The lowest BCUT2D eigenvalue weighted by atomic mass is 10.0. The Hall–Kier alpha value is -1.27. The number of aromatic nitrogens is 2. The molecule has 0 saturated heterocycles. The van der Waals surface area contributed by atoms with E-state index < -0.39 is 17.7 Å². The molecule has 0 aliphatic rings. The van der Waals surface area contributed by atoms with Gasteiger partial charge in [0.15, 0.2) is 11.6 Å². The summed E-state index contributed by atoms with van der Waals surface area (Å²) >= 11 is 3.32. The van der Waals surface area contributed by atoms with Crippen LogP contribution in [0.5, 0.6) is 0 Å². The quantitative estimate of drug-likeness (QED) is 0.926. The molecule has 3 nitrogen and oxygen atoms in total. The minimum Gasteiger partial charge on any atom is -0.319 e. The van der Waals surface area contributed by atoms with Crippen LogP contribution >= 0.6 is 15.9 Å². The number of hydrogen-bond acceptors (Lipinski definition) is 2. The van der Waals surface area contributed by atoms with Gasteiger partial charge in [0.1, 0.15) is 0 Å². The maximum atomic E-state index is 13.1. The normalized spacial score (nSPS) is 12.8. The molecule has 1 aromatic carbocycles.